The monoisotopic (exact) mass is 517 g/mol. The van der Waals surface area contributed by atoms with Gasteiger partial charge in [-0.15, -0.1) is 0 Å². The van der Waals surface area contributed by atoms with Crippen LogP contribution in [-0.2, 0) is 19.6 Å². The van der Waals surface area contributed by atoms with Crippen molar-refractivity contribution < 1.29 is 19.2 Å². The molecule has 0 spiro atoms. The van der Waals surface area contributed by atoms with Gasteiger partial charge in [-0.25, -0.2) is 19.1 Å². The number of aliphatic hydroxyl groups excluding tert-OH is 1. The number of aromatic nitrogens is 4. The summed E-state index contributed by atoms with van der Waals surface area (Å²) in [5.74, 6) is 1.16. The number of ether oxygens (including phenoxy) is 1. The lowest BCUT2D eigenvalue weighted by atomic mass is 10.1. The van der Waals surface area contributed by atoms with Crippen molar-refractivity contribution in [2.24, 2.45) is 5.73 Å². The lowest BCUT2D eigenvalue weighted by molar-refractivity contribution is -0.676. The number of carbonyl (C=O) groups is 1. The number of fused-ring (bicyclic) bond motifs is 1. The second kappa shape index (κ2) is 11.4. The highest BCUT2D eigenvalue weighted by Gasteiger charge is 2.26. The number of aryl methyl sites for hydroxylation is 2. The fourth-order valence-corrected chi connectivity index (χ4v) is 4.77. The smallest absolute Gasteiger partial charge is 0.277 e. The van der Waals surface area contributed by atoms with E-state index in [-0.39, 0.29) is 35.9 Å². The number of nitrogen functional groups attached to an aromatic ring is 1. The van der Waals surface area contributed by atoms with Crippen LogP contribution in [0.2, 0.25) is 5.15 Å². The minimum atomic E-state index is -0.681. The molecule has 1 aliphatic heterocycles. The summed E-state index contributed by atoms with van der Waals surface area (Å²) in [6.45, 7) is 7.46. The van der Waals surface area contributed by atoms with Crippen molar-refractivity contribution in [3.63, 3.8) is 0 Å². The summed E-state index contributed by atoms with van der Waals surface area (Å²) in [4.78, 5) is 22.6. The third kappa shape index (κ3) is 5.54. The third-order valence-electron chi connectivity index (χ3n) is 6.57. The Morgan fingerprint density at radius 1 is 1.36 bits per heavy atom. The van der Waals surface area contributed by atoms with E-state index in [2.05, 4.69) is 31.3 Å². The molecule has 1 amide bonds. The van der Waals surface area contributed by atoms with Crippen molar-refractivity contribution in [1.82, 2.24) is 24.8 Å². The first-order chi connectivity index (χ1) is 17.3. The number of carbonyl (C=O) groups excluding carboxylic acids is 1. The van der Waals surface area contributed by atoms with Crippen LogP contribution in [0.15, 0.2) is 24.4 Å². The number of halogens is 1. The van der Waals surface area contributed by atoms with Crippen molar-refractivity contribution in [2.45, 2.75) is 58.6 Å². The highest BCUT2D eigenvalue weighted by atomic mass is 35.5. The van der Waals surface area contributed by atoms with E-state index in [4.69, 9.17) is 27.8 Å². The quantitative estimate of drug-likeness (QED) is 0.308. The number of aliphatic hydroxyl groups is 1. The molecule has 194 valence electrons. The van der Waals surface area contributed by atoms with E-state index in [9.17, 15) is 9.90 Å². The molecule has 1 fully saturated rings. The molecule has 4 rings (SSSR count). The van der Waals surface area contributed by atoms with Crippen LogP contribution in [0.5, 0.6) is 5.75 Å². The van der Waals surface area contributed by atoms with Gasteiger partial charge in [-0.2, -0.15) is 0 Å². The Morgan fingerprint density at radius 3 is 2.81 bits per heavy atom. The molecule has 1 aliphatic rings. The number of imidazole rings is 1. The van der Waals surface area contributed by atoms with Crippen molar-refractivity contribution in [1.29, 1.82) is 0 Å². The van der Waals surface area contributed by atoms with Crippen LogP contribution < -0.4 is 26.1 Å². The number of nitrogens with two attached hydrogens (primary N) is 2. The molecule has 1 atom stereocenters. The average molecular weight is 518 g/mol. The Bertz CT molecular complexity index is 1230. The summed E-state index contributed by atoms with van der Waals surface area (Å²) in [7, 11) is 0. The summed E-state index contributed by atoms with van der Waals surface area (Å²) < 4.78 is 10.2. The summed E-state index contributed by atoms with van der Waals surface area (Å²) in [5, 5.41) is 13.5. The fraction of sp³-hybridized carbons (Fsp3) is 0.500. The van der Waals surface area contributed by atoms with Crippen molar-refractivity contribution in [3.8, 4) is 5.75 Å². The summed E-state index contributed by atoms with van der Waals surface area (Å²) >= 11 is 5.88. The van der Waals surface area contributed by atoms with E-state index in [1.54, 1.807) is 0 Å². The molecule has 6 N–H and O–H groups in total. The average Bonchev–Trinajstić information content (AvgIpc) is 3.19. The van der Waals surface area contributed by atoms with Gasteiger partial charge in [0.25, 0.3) is 11.7 Å². The maximum absolute atomic E-state index is 12.7. The lowest BCUT2D eigenvalue weighted by Gasteiger charge is -2.33. The summed E-state index contributed by atoms with van der Waals surface area (Å²) in [6, 6.07) is 6.07. The van der Waals surface area contributed by atoms with Crippen LogP contribution in [0.25, 0.3) is 11.0 Å². The number of hydrogen-bond acceptors (Lipinski definition) is 8. The van der Waals surface area contributed by atoms with Gasteiger partial charge in [-0.05, 0) is 38.8 Å². The number of nitrogens with one attached hydrogen (secondary N) is 1. The topological polar surface area (TPSA) is 148 Å². The standard InChI is InChI=1S/C24H33ClN8O3/c1-3-32-17-6-5-16(36-14-21(34)31-9-7-15(26)8-10-31)11-18(17)33(4-2)20(32)13-29-24(35)22-23(27)28-12-19(25)30-22/h5-6,11-12,15,21,34H,3-4,7-10,13-14,26H2,1-2H3,(H2-,27,28,29,35)/p+1. The number of rotatable bonds is 9. The molecular formula is C24H34ClN8O3+. The minimum absolute atomic E-state index is 0.00496. The summed E-state index contributed by atoms with van der Waals surface area (Å²) in [6.07, 6.45) is 2.37. The Kier molecular flexibility index (Phi) is 8.24. The van der Waals surface area contributed by atoms with E-state index in [1.807, 2.05) is 30.0 Å². The maximum atomic E-state index is 12.7. The minimum Gasteiger partial charge on any atom is -0.489 e. The number of likely N-dealkylation sites (tertiary alicyclic amines) is 1. The zero-order valence-corrected chi connectivity index (χ0v) is 21.4. The number of benzene rings is 1. The summed E-state index contributed by atoms with van der Waals surface area (Å²) in [5.41, 5.74) is 13.8. The zero-order chi connectivity index (χ0) is 25.8. The normalized spacial score (nSPS) is 15.8. The number of nitrogens with zero attached hydrogens (tertiary/aromatic N) is 5. The molecule has 1 saturated heterocycles. The van der Waals surface area contributed by atoms with Gasteiger partial charge >= 0.3 is 0 Å². The molecule has 11 nitrogen and oxygen atoms in total. The van der Waals surface area contributed by atoms with Crippen molar-refractivity contribution >= 4 is 34.4 Å². The molecule has 2 aromatic heterocycles. The van der Waals surface area contributed by atoms with Gasteiger partial charge in [0.05, 0.1) is 19.3 Å². The molecular weight excluding hydrogens is 484 g/mol. The van der Waals surface area contributed by atoms with Crippen molar-refractivity contribution in [3.05, 3.63) is 41.1 Å². The third-order valence-corrected chi connectivity index (χ3v) is 6.75. The second-order valence-corrected chi connectivity index (χ2v) is 9.22. The first-order valence-corrected chi connectivity index (χ1v) is 12.6. The SMILES string of the molecule is CCn1c(CNC(=O)c2nc(Cl)cnc2N)[n+](CC)c2ccc(OCC(O)N3CCC(N)CC3)cc21. The van der Waals surface area contributed by atoms with Gasteiger partial charge < -0.3 is 26.6 Å². The molecule has 36 heavy (non-hydrogen) atoms. The Morgan fingerprint density at radius 2 is 2.11 bits per heavy atom. The van der Waals surface area contributed by atoms with Crippen LogP contribution >= 0.6 is 11.6 Å². The zero-order valence-electron chi connectivity index (χ0n) is 20.7. The second-order valence-electron chi connectivity index (χ2n) is 8.83. The highest BCUT2D eigenvalue weighted by molar-refractivity contribution is 6.29. The molecule has 12 heteroatoms. The van der Waals surface area contributed by atoms with E-state index >= 15 is 0 Å². The van der Waals surface area contributed by atoms with Gasteiger partial charge in [-0.3, -0.25) is 9.69 Å². The Balaban J connectivity index is 1.51. The molecule has 0 saturated carbocycles. The molecule has 3 heterocycles. The van der Waals surface area contributed by atoms with Gasteiger partial charge in [0.1, 0.15) is 30.3 Å². The van der Waals surface area contributed by atoms with Gasteiger partial charge in [0.2, 0.25) is 0 Å². The van der Waals surface area contributed by atoms with Crippen LogP contribution in [0.3, 0.4) is 0 Å². The first kappa shape index (κ1) is 26.1. The molecule has 0 radical (unpaired) electrons. The van der Waals surface area contributed by atoms with Gasteiger partial charge in [-0.1, -0.05) is 11.6 Å². The molecule has 0 bridgehead atoms. The Labute approximate surface area is 215 Å². The van der Waals surface area contributed by atoms with E-state index in [0.29, 0.717) is 18.8 Å². The van der Waals surface area contributed by atoms with Crippen LogP contribution in [0.4, 0.5) is 5.82 Å². The first-order valence-electron chi connectivity index (χ1n) is 12.2. The number of amides is 1. The van der Waals surface area contributed by atoms with Crippen LogP contribution in [0.1, 0.15) is 43.0 Å². The van der Waals surface area contributed by atoms with Crippen LogP contribution in [0, 0.1) is 0 Å². The van der Waals surface area contributed by atoms with E-state index in [1.165, 1.54) is 6.20 Å². The van der Waals surface area contributed by atoms with E-state index in [0.717, 1.165) is 42.8 Å². The number of hydrogen-bond donors (Lipinski definition) is 4. The van der Waals surface area contributed by atoms with Gasteiger partial charge in [0, 0.05) is 25.2 Å². The Hall–Kier alpha value is -2.99. The molecule has 0 aliphatic carbocycles. The molecule has 1 aromatic carbocycles. The fourth-order valence-electron chi connectivity index (χ4n) is 4.64. The van der Waals surface area contributed by atoms with Crippen LogP contribution in [-0.4, -0.2) is 62.4 Å². The maximum Gasteiger partial charge on any atom is 0.277 e. The van der Waals surface area contributed by atoms with E-state index < -0.39 is 12.1 Å². The van der Waals surface area contributed by atoms with Crippen molar-refractivity contribution in [2.75, 3.05) is 25.4 Å². The number of piperidine rings is 1. The highest BCUT2D eigenvalue weighted by Crippen LogP contribution is 2.22. The number of anilines is 1. The predicted molar refractivity (Wildman–Crippen MR) is 136 cm³/mol. The predicted octanol–water partition coefficient (Wildman–Crippen LogP) is 1.04. The lowest BCUT2D eigenvalue weighted by Crippen LogP contribution is -2.47. The largest absolute Gasteiger partial charge is 0.489 e. The molecule has 3 aromatic rings. The van der Waals surface area contributed by atoms with Gasteiger partial charge in [0.15, 0.2) is 22.5 Å². The molecule has 1 unspecified atom stereocenters.